The lowest BCUT2D eigenvalue weighted by atomic mass is 10.2. The average Bonchev–Trinajstić information content (AvgIpc) is 2.65. The number of aromatic hydroxyl groups is 1. The Bertz CT molecular complexity index is 896. The fourth-order valence-electron chi connectivity index (χ4n) is 2.29. The predicted molar refractivity (Wildman–Crippen MR) is 101 cm³/mol. The van der Waals surface area contributed by atoms with Crippen molar-refractivity contribution in [1.29, 1.82) is 0 Å². The third-order valence-electron chi connectivity index (χ3n) is 3.55. The van der Waals surface area contributed by atoms with Crippen molar-refractivity contribution in [1.82, 2.24) is 0 Å². The molecular weight excluding hydrogens is 368 g/mol. The van der Waals surface area contributed by atoms with Crippen LogP contribution >= 0.6 is 0 Å². The summed E-state index contributed by atoms with van der Waals surface area (Å²) in [5.41, 5.74) is 0.657. The maximum atomic E-state index is 12.1. The standard InChI is InChI=1S/C19H20N2O7/c1-11(22)20-12-4-7-17(27-3)15(8-12)21-18(24)10-28-19(25)14-6-5-13(26-2)9-16(14)23/h4-9,23H,10H2,1-3H3,(H,20,22)(H,21,24). The van der Waals surface area contributed by atoms with E-state index in [1.165, 1.54) is 45.4 Å². The highest BCUT2D eigenvalue weighted by atomic mass is 16.5. The molecule has 3 N–H and O–H groups in total. The molecular formula is C19H20N2O7. The van der Waals surface area contributed by atoms with Gasteiger partial charge in [-0.15, -0.1) is 0 Å². The van der Waals surface area contributed by atoms with Gasteiger partial charge in [0.25, 0.3) is 5.91 Å². The van der Waals surface area contributed by atoms with E-state index in [4.69, 9.17) is 14.2 Å². The lowest BCUT2D eigenvalue weighted by Crippen LogP contribution is -2.21. The van der Waals surface area contributed by atoms with Gasteiger partial charge in [0.2, 0.25) is 5.91 Å². The summed E-state index contributed by atoms with van der Waals surface area (Å²) in [6, 6.07) is 8.76. The molecule has 148 valence electrons. The number of hydrogen-bond acceptors (Lipinski definition) is 7. The van der Waals surface area contributed by atoms with Gasteiger partial charge >= 0.3 is 5.97 Å². The molecule has 0 heterocycles. The molecule has 0 unspecified atom stereocenters. The first-order chi connectivity index (χ1) is 13.3. The first kappa shape index (κ1) is 20.6. The summed E-state index contributed by atoms with van der Waals surface area (Å²) >= 11 is 0. The van der Waals surface area contributed by atoms with Crippen molar-refractivity contribution < 1.29 is 33.7 Å². The summed E-state index contributed by atoms with van der Waals surface area (Å²) in [6.07, 6.45) is 0. The number of methoxy groups -OCH3 is 2. The van der Waals surface area contributed by atoms with Crippen LogP contribution in [-0.4, -0.2) is 43.7 Å². The number of ether oxygens (including phenoxy) is 3. The van der Waals surface area contributed by atoms with Crippen LogP contribution in [0, 0.1) is 0 Å². The number of hydrogen-bond donors (Lipinski definition) is 3. The van der Waals surface area contributed by atoms with E-state index < -0.39 is 18.5 Å². The average molecular weight is 388 g/mol. The maximum absolute atomic E-state index is 12.1. The number of anilines is 2. The summed E-state index contributed by atoms with van der Waals surface area (Å²) in [5.74, 6) is -1.35. The van der Waals surface area contributed by atoms with Crippen molar-refractivity contribution in [2.24, 2.45) is 0 Å². The molecule has 2 rings (SSSR count). The van der Waals surface area contributed by atoms with Crippen LogP contribution in [0.4, 0.5) is 11.4 Å². The quantitative estimate of drug-likeness (QED) is 0.621. The Labute approximate surface area is 161 Å². The van der Waals surface area contributed by atoms with Crippen LogP contribution in [0.25, 0.3) is 0 Å². The summed E-state index contributed by atoms with van der Waals surface area (Å²) in [4.78, 5) is 35.3. The van der Waals surface area contributed by atoms with Crippen LogP contribution in [0.1, 0.15) is 17.3 Å². The molecule has 0 fully saturated rings. The number of carbonyl (C=O) groups excluding carboxylic acids is 3. The van der Waals surface area contributed by atoms with Gasteiger partial charge in [-0.1, -0.05) is 0 Å². The van der Waals surface area contributed by atoms with Crippen LogP contribution in [0.15, 0.2) is 36.4 Å². The van der Waals surface area contributed by atoms with E-state index in [9.17, 15) is 19.5 Å². The number of carbonyl (C=O) groups is 3. The predicted octanol–water partition coefficient (Wildman–Crippen LogP) is 2.16. The van der Waals surface area contributed by atoms with Crippen molar-refractivity contribution in [2.75, 3.05) is 31.5 Å². The molecule has 9 nitrogen and oxygen atoms in total. The van der Waals surface area contributed by atoms with Gasteiger partial charge in [-0.05, 0) is 30.3 Å². The lowest BCUT2D eigenvalue weighted by molar-refractivity contribution is -0.119. The molecule has 9 heteroatoms. The minimum atomic E-state index is -0.866. The molecule has 0 aliphatic carbocycles. The topological polar surface area (TPSA) is 123 Å². The molecule has 2 amide bonds. The largest absolute Gasteiger partial charge is 0.507 e. The molecule has 2 aromatic carbocycles. The van der Waals surface area contributed by atoms with Gasteiger partial charge in [0.05, 0.1) is 19.9 Å². The van der Waals surface area contributed by atoms with Gasteiger partial charge in [0, 0.05) is 18.7 Å². The smallest absolute Gasteiger partial charge is 0.342 e. The molecule has 0 aromatic heterocycles. The van der Waals surface area contributed by atoms with Crippen molar-refractivity contribution in [3.8, 4) is 17.2 Å². The first-order valence-electron chi connectivity index (χ1n) is 8.13. The van der Waals surface area contributed by atoms with Crippen LogP contribution < -0.4 is 20.1 Å². The molecule has 2 aromatic rings. The fourth-order valence-corrected chi connectivity index (χ4v) is 2.29. The Balaban J connectivity index is 2.02. The third-order valence-corrected chi connectivity index (χ3v) is 3.55. The number of benzene rings is 2. The molecule has 28 heavy (non-hydrogen) atoms. The highest BCUT2D eigenvalue weighted by Crippen LogP contribution is 2.28. The Hall–Kier alpha value is -3.75. The van der Waals surface area contributed by atoms with Crippen LogP contribution in [0.5, 0.6) is 17.2 Å². The van der Waals surface area contributed by atoms with E-state index in [0.717, 1.165) is 0 Å². The van der Waals surface area contributed by atoms with Crippen LogP contribution in [0.3, 0.4) is 0 Å². The van der Waals surface area contributed by atoms with Gasteiger partial charge in [-0.3, -0.25) is 9.59 Å². The number of esters is 1. The molecule has 0 radical (unpaired) electrons. The van der Waals surface area contributed by atoms with Crippen molar-refractivity contribution >= 4 is 29.2 Å². The first-order valence-corrected chi connectivity index (χ1v) is 8.13. The Kier molecular flexibility index (Phi) is 6.80. The van der Waals surface area contributed by atoms with Gasteiger partial charge < -0.3 is 30.0 Å². The summed E-state index contributed by atoms with van der Waals surface area (Å²) in [7, 11) is 2.85. The minimum absolute atomic E-state index is 0.0983. The van der Waals surface area contributed by atoms with E-state index in [-0.39, 0.29) is 17.2 Å². The monoisotopic (exact) mass is 388 g/mol. The second-order valence-corrected chi connectivity index (χ2v) is 5.60. The van der Waals surface area contributed by atoms with E-state index in [2.05, 4.69) is 10.6 Å². The molecule has 0 bridgehead atoms. The Morgan fingerprint density at radius 2 is 1.75 bits per heavy atom. The van der Waals surface area contributed by atoms with E-state index >= 15 is 0 Å². The Morgan fingerprint density at radius 3 is 2.36 bits per heavy atom. The van der Waals surface area contributed by atoms with Gasteiger partial charge in [-0.25, -0.2) is 4.79 Å². The number of phenols is 1. The number of phenolic OH excluding ortho intramolecular Hbond substituents is 1. The lowest BCUT2D eigenvalue weighted by Gasteiger charge is -2.13. The van der Waals surface area contributed by atoms with Crippen molar-refractivity contribution in [2.45, 2.75) is 6.92 Å². The van der Waals surface area contributed by atoms with E-state index in [1.54, 1.807) is 12.1 Å². The third kappa shape index (κ3) is 5.37. The van der Waals surface area contributed by atoms with E-state index in [0.29, 0.717) is 22.9 Å². The molecule has 0 atom stereocenters. The van der Waals surface area contributed by atoms with Crippen molar-refractivity contribution in [3.63, 3.8) is 0 Å². The summed E-state index contributed by atoms with van der Waals surface area (Å²) < 4.78 is 15.0. The van der Waals surface area contributed by atoms with E-state index in [1.807, 2.05) is 0 Å². The van der Waals surface area contributed by atoms with Crippen LogP contribution in [-0.2, 0) is 14.3 Å². The summed E-state index contributed by atoms with van der Waals surface area (Å²) in [6.45, 7) is 0.772. The zero-order chi connectivity index (χ0) is 20.7. The number of rotatable bonds is 7. The Morgan fingerprint density at radius 1 is 1.00 bits per heavy atom. The number of nitrogens with one attached hydrogen (secondary N) is 2. The zero-order valence-corrected chi connectivity index (χ0v) is 15.6. The second-order valence-electron chi connectivity index (χ2n) is 5.60. The second kappa shape index (κ2) is 9.26. The molecule has 0 saturated heterocycles. The molecule has 0 saturated carbocycles. The molecule has 0 spiro atoms. The van der Waals surface area contributed by atoms with Gasteiger partial charge in [0.1, 0.15) is 22.8 Å². The highest BCUT2D eigenvalue weighted by Gasteiger charge is 2.16. The zero-order valence-electron chi connectivity index (χ0n) is 15.6. The minimum Gasteiger partial charge on any atom is -0.507 e. The van der Waals surface area contributed by atoms with Crippen LogP contribution in [0.2, 0.25) is 0 Å². The maximum Gasteiger partial charge on any atom is 0.342 e. The summed E-state index contributed by atoms with van der Waals surface area (Å²) in [5, 5.41) is 15.0. The number of amides is 2. The molecule has 0 aliphatic heterocycles. The fraction of sp³-hybridized carbons (Fsp3) is 0.211. The normalized spacial score (nSPS) is 9.96. The van der Waals surface area contributed by atoms with Gasteiger partial charge in [-0.2, -0.15) is 0 Å². The highest BCUT2D eigenvalue weighted by molar-refractivity contribution is 5.98. The molecule has 0 aliphatic rings. The SMILES string of the molecule is COc1ccc(C(=O)OCC(=O)Nc2cc(NC(C)=O)ccc2OC)c(O)c1. The van der Waals surface area contributed by atoms with Crippen molar-refractivity contribution in [3.05, 3.63) is 42.0 Å². The van der Waals surface area contributed by atoms with Gasteiger partial charge in [0.15, 0.2) is 6.61 Å².